The van der Waals surface area contributed by atoms with Gasteiger partial charge in [0.25, 0.3) is 0 Å². The molecule has 0 radical (unpaired) electrons. The van der Waals surface area contributed by atoms with Crippen LogP contribution in [-0.4, -0.2) is 79.0 Å². The predicted octanol–water partition coefficient (Wildman–Crippen LogP) is 9.00. The van der Waals surface area contributed by atoms with Gasteiger partial charge in [0.2, 0.25) is 11.8 Å². The van der Waals surface area contributed by atoms with E-state index in [4.69, 9.17) is 4.52 Å². The van der Waals surface area contributed by atoms with E-state index in [1.54, 1.807) is 46.9 Å². The zero-order valence-corrected chi connectivity index (χ0v) is 37.0. The van der Waals surface area contributed by atoms with Crippen molar-refractivity contribution in [1.29, 1.82) is 0 Å². The maximum Gasteiger partial charge on any atom is 0.243 e. The molecule has 3 aromatic carbocycles. The van der Waals surface area contributed by atoms with Crippen molar-refractivity contribution in [2.24, 2.45) is 5.92 Å². The van der Waals surface area contributed by atoms with Gasteiger partial charge in [0.1, 0.15) is 39.8 Å². The van der Waals surface area contributed by atoms with Crippen molar-refractivity contribution in [3.05, 3.63) is 118 Å². The van der Waals surface area contributed by atoms with E-state index in [-0.39, 0.29) is 60.0 Å². The van der Waals surface area contributed by atoms with Gasteiger partial charge in [-0.25, -0.2) is 9.37 Å². The van der Waals surface area contributed by atoms with Crippen LogP contribution in [0, 0.1) is 25.6 Å². The van der Waals surface area contributed by atoms with Crippen LogP contribution < -0.4 is 10.2 Å². The summed E-state index contributed by atoms with van der Waals surface area (Å²) in [4.78, 5) is 39.0. The maximum atomic E-state index is 16.0. The van der Waals surface area contributed by atoms with E-state index in [1.807, 2.05) is 74.8 Å². The topological polar surface area (TPSA) is 158 Å². The molecule has 0 saturated carbocycles. The molecule has 3 N–H and O–H groups in total. The number of halogens is 1. The number of thiazole rings is 1. The molecule has 2 fully saturated rings. The van der Waals surface area contributed by atoms with Gasteiger partial charge in [0, 0.05) is 65.7 Å². The van der Waals surface area contributed by atoms with Gasteiger partial charge in [0.05, 0.1) is 27.9 Å². The Morgan fingerprint density at radius 1 is 0.968 bits per heavy atom. The number of para-hydroxylation sites is 1. The molecule has 2 aliphatic rings. The first-order chi connectivity index (χ1) is 30.4. The Hall–Kier alpha value is -6.03. The second kappa shape index (κ2) is 17.6. The Balaban J connectivity index is 0.840. The standard InChI is InChI=1S/C48H48FN7O5S2/c1-26(2)43(48(60)56-24-33(57)20-40(56)46(59)50-23-29-9-11-30(12-10-29)45-28(4)51-25-62-45)42-22-39(54-61-42)34-14-13-32(19-37(34)49)55-17-15-31(16-18-55)44-27(3)36-21-38(52-53-47(36)63-44)35-7-5-6-8-41(35)58/h5-14,19,21-22,25-26,31,33,40,43,57-58H,15-18,20,23-24H2,1-4H3,(H,50,59)/t33-,40+,43-/m1/s1. The largest absolute Gasteiger partial charge is 0.507 e. The number of hydrogen-bond donors (Lipinski definition) is 3. The summed E-state index contributed by atoms with van der Waals surface area (Å²) < 4.78 is 21.7. The lowest BCUT2D eigenvalue weighted by atomic mass is 9.91. The minimum Gasteiger partial charge on any atom is -0.507 e. The number of fused-ring (bicyclic) bond motifs is 1. The fraction of sp³-hybridized carbons (Fsp3) is 0.333. The van der Waals surface area contributed by atoms with Crippen molar-refractivity contribution in [3.63, 3.8) is 0 Å². The molecule has 6 heterocycles. The Morgan fingerprint density at radius 3 is 2.46 bits per heavy atom. The van der Waals surface area contributed by atoms with Crippen LogP contribution in [0.5, 0.6) is 5.75 Å². The molecule has 12 nitrogen and oxygen atoms in total. The van der Waals surface area contributed by atoms with Crippen molar-refractivity contribution < 1.29 is 28.7 Å². The zero-order valence-electron chi connectivity index (χ0n) is 35.4. The van der Waals surface area contributed by atoms with Gasteiger partial charge in [0.15, 0.2) is 0 Å². The molecule has 0 unspecified atom stereocenters. The summed E-state index contributed by atoms with van der Waals surface area (Å²) in [5.74, 6) is -1.44. The third-order valence-electron chi connectivity index (χ3n) is 12.4. The summed E-state index contributed by atoms with van der Waals surface area (Å²) in [7, 11) is 0. The summed E-state index contributed by atoms with van der Waals surface area (Å²) in [6.45, 7) is 9.65. The average Bonchev–Trinajstić information content (AvgIpc) is 4.10. The molecular formula is C48H48FN7O5S2. The van der Waals surface area contributed by atoms with Crippen LogP contribution in [0.15, 0.2) is 88.9 Å². The van der Waals surface area contributed by atoms with Gasteiger partial charge >= 0.3 is 0 Å². The number of amides is 2. The number of aliphatic hydroxyl groups is 1. The van der Waals surface area contributed by atoms with E-state index in [0.717, 1.165) is 63.5 Å². The van der Waals surface area contributed by atoms with Crippen LogP contribution in [0.25, 0.3) is 43.2 Å². The number of hydrogen-bond acceptors (Lipinski definition) is 12. The van der Waals surface area contributed by atoms with Gasteiger partial charge < -0.3 is 29.9 Å². The number of nitrogens with one attached hydrogen (secondary N) is 1. The fourth-order valence-corrected chi connectivity index (χ4v) is 11.1. The molecule has 63 heavy (non-hydrogen) atoms. The number of carbonyl (C=O) groups excluding carboxylic acids is 2. The molecule has 2 aliphatic heterocycles. The monoisotopic (exact) mass is 885 g/mol. The highest BCUT2D eigenvalue weighted by molar-refractivity contribution is 7.19. The van der Waals surface area contributed by atoms with Gasteiger partial charge in [-0.15, -0.1) is 32.9 Å². The van der Waals surface area contributed by atoms with E-state index in [2.05, 4.69) is 37.5 Å². The number of β-amino-alcohol motifs (C(OH)–C–C–N with tert-alkyl or cyclic N) is 1. The summed E-state index contributed by atoms with van der Waals surface area (Å²) in [6, 6.07) is 22.9. The van der Waals surface area contributed by atoms with Gasteiger partial charge in [-0.3, -0.25) is 9.59 Å². The van der Waals surface area contributed by atoms with Gasteiger partial charge in [-0.05, 0) is 91.6 Å². The van der Waals surface area contributed by atoms with E-state index < -0.39 is 23.9 Å². The minimum atomic E-state index is -0.863. The third-order valence-corrected chi connectivity index (χ3v) is 14.8. The smallest absolute Gasteiger partial charge is 0.243 e. The number of piperidine rings is 1. The number of benzene rings is 3. The molecule has 2 amide bonds. The van der Waals surface area contributed by atoms with E-state index in [9.17, 15) is 19.8 Å². The summed E-state index contributed by atoms with van der Waals surface area (Å²) in [5, 5.41) is 38.2. The van der Waals surface area contributed by atoms with E-state index in [0.29, 0.717) is 17.2 Å². The lowest BCUT2D eigenvalue weighted by Crippen LogP contribution is -2.48. The highest BCUT2D eigenvalue weighted by Crippen LogP contribution is 2.42. The lowest BCUT2D eigenvalue weighted by molar-refractivity contribution is -0.141. The number of likely N-dealkylation sites (tertiary alicyclic amines) is 1. The SMILES string of the molecule is Cc1ncsc1-c1ccc(CNC(=O)[C@@H]2C[C@@H](O)CN2C(=O)[C@@H](c2cc(-c3ccc(N4CCC(c5sc6nnc(-c7ccccc7O)cc6c5C)CC4)cc3F)no2)C(C)C)cc1. The number of nitrogens with zero attached hydrogens (tertiary/aromatic N) is 6. The number of phenolic OH excluding ortho intramolecular Hbond substituents is 1. The van der Waals surface area contributed by atoms with Crippen LogP contribution in [0.1, 0.15) is 72.4 Å². The molecule has 0 bridgehead atoms. The first kappa shape index (κ1) is 42.3. The number of carbonyl (C=O) groups is 2. The van der Waals surface area contributed by atoms with Crippen LogP contribution in [0.3, 0.4) is 0 Å². The second-order valence-electron chi connectivity index (χ2n) is 16.9. The van der Waals surface area contributed by atoms with Crippen molar-refractivity contribution in [2.45, 2.75) is 77.5 Å². The number of rotatable bonds is 11. The normalized spacial score (nSPS) is 17.5. The van der Waals surface area contributed by atoms with Crippen molar-refractivity contribution >= 4 is 50.4 Å². The highest BCUT2D eigenvalue weighted by atomic mass is 32.1. The quantitative estimate of drug-likeness (QED) is 0.115. The molecule has 324 valence electrons. The predicted molar refractivity (Wildman–Crippen MR) is 243 cm³/mol. The zero-order chi connectivity index (χ0) is 43.9. The third kappa shape index (κ3) is 8.44. The summed E-state index contributed by atoms with van der Waals surface area (Å²) in [5.41, 5.74) is 8.52. The van der Waals surface area contributed by atoms with E-state index in [1.165, 1.54) is 21.4 Å². The molecule has 15 heteroatoms. The molecule has 2 saturated heterocycles. The molecule has 3 atom stereocenters. The summed E-state index contributed by atoms with van der Waals surface area (Å²) in [6.07, 6.45) is 1.05. The molecule has 9 rings (SSSR count). The molecule has 4 aromatic heterocycles. The summed E-state index contributed by atoms with van der Waals surface area (Å²) >= 11 is 3.25. The highest BCUT2D eigenvalue weighted by Gasteiger charge is 2.43. The van der Waals surface area contributed by atoms with E-state index >= 15 is 4.39 Å². The number of aromatic hydroxyl groups is 1. The Morgan fingerprint density at radius 2 is 1.75 bits per heavy atom. The number of aryl methyl sites for hydroxylation is 2. The van der Waals surface area contributed by atoms with Crippen molar-refractivity contribution in [2.75, 3.05) is 24.5 Å². The van der Waals surface area contributed by atoms with Crippen LogP contribution in [-0.2, 0) is 16.1 Å². The van der Waals surface area contributed by atoms with Gasteiger partial charge in [-0.2, -0.15) is 0 Å². The van der Waals surface area contributed by atoms with Crippen molar-refractivity contribution in [1.82, 2.24) is 30.6 Å². The first-order valence-corrected chi connectivity index (χ1v) is 22.9. The lowest BCUT2D eigenvalue weighted by Gasteiger charge is -2.33. The van der Waals surface area contributed by atoms with Crippen molar-refractivity contribution in [3.8, 4) is 38.7 Å². The average molecular weight is 886 g/mol. The number of thiophene rings is 1. The first-order valence-electron chi connectivity index (χ1n) is 21.3. The molecule has 0 aliphatic carbocycles. The Labute approximate surface area is 372 Å². The molecule has 0 spiro atoms. The van der Waals surface area contributed by atoms with Crippen LogP contribution >= 0.6 is 22.7 Å². The fourth-order valence-electron chi connectivity index (χ4n) is 9.00. The Kier molecular flexibility index (Phi) is 11.8. The van der Waals surface area contributed by atoms with Gasteiger partial charge in [-0.1, -0.05) is 55.4 Å². The Bertz CT molecular complexity index is 2800. The molecule has 7 aromatic rings. The van der Waals surface area contributed by atoms with Crippen LogP contribution in [0.4, 0.5) is 10.1 Å². The molecular weight excluding hydrogens is 838 g/mol. The minimum absolute atomic E-state index is 0.0114. The second-order valence-corrected chi connectivity index (χ2v) is 18.8. The maximum absolute atomic E-state index is 16.0. The van der Waals surface area contributed by atoms with Crippen LogP contribution in [0.2, 0.25) is 0 Å². The number of aromatic nitrogens is 4. The number of aliphatic hydroxyl groups excluding tert-OH is 1. The number of anilines is 1. The number of phenols is 1.